The van der Waals surface area contributed by atoms with Gasteiger partial charge in [0, 0.05) is 5.02 Å². The summed E-state index contributed by atoms with van der Waals surface area (Å²) < 4.78 is 5.89. The van der Waals surface area contributed by atoms with E-state index in [1.54, 1.807) is 6.07 Å². The highest BCUT2D eigenvalue weighted by atomic mass is 35.5. The smallest absolute Gasteiger partial charge is 0.121 e. The number of hydrogen-bond donors (Lipinski definition) is 1. The Hall–Kier alpha value is -1.51. The molecule has 3 heteroatoms. The lowest BCUT2D eigenvalue weighted by Gasteiger charge is -2.23. The number of halogens is 1. The lowest BCUT2D eigenvalue weighted by molar-refractivity contribution is 0.190. The molecule has 2 nitrogen and oxygen atoms in total. The quantitative estimate of drug-likeness (QED) is 0.904. The first-order chi connectivity index (χ1) is 9.47. The van der Waals surface area contributed by atoms with E-state index in [9.17, 15) is 0 Å². The molecule has 2 rings (SSSR count). The molecule has 0 aliphatic heterocycles. The first-order valence-corrected chi connectivity index (χ1v) is 7.10. The Bertz CT molecular complexity index is 597. The summed E-state index contributed by atoms with van der Waals surface area (Å²) in [5.41, 5.74) is 9.86. The first kappa shape index (κ1) is 14.9. The van der Waals surface area contributed by atoms with Crippen LogP contribution in [0.4, 0.5) is 0 Å². The van der Waals surface area contributed by atoms with Crippen molar-refractivity contribution in [3.8, 4) is 5.75 Å². The lowest BCUT2D eigenvalue weighted by atomic mass is 9.97. The van der Waals surface area contributed by atoms with Crippen molar-refractivity contribution in [3.63, 3.8) is 0 Å². The van der Waals surface area contributed by atoms with Crippen LogP contribution in [0, 0.1) is 13.8 Å². The number of hydrogen-bond acceptors (Lipinski definition) is 2. The molecule has 0 aliphatic rings. The van der Waals surface area contributed by atoms with E-state index in [4.69, 9.17) is 22.1 Å². The average molecular weight is 290 g/mol. The molecule has 0 aromatic heterocycles. The van der Waals surface area contributed by atoms with Gasteiger partial charge in [-0.05, 0) is 50.1 Å². The second kappa shape index (κ2) is 6.29. The Balaban J connectivity index is 2.14. The third kappa shape index (κ3) is 3.53. The second-order valence-corrected chi connectivity index (χ2v) is 5.60. The molecule has 0 aliphatic carbocycles. The van der Waals surface area contributed by atoms with Gasteiger partial charge in [-0.3, -0.25) is 0 Å². The third-order valence-corrected chi connectivity index (χ3v) is 3.64. The fraction of sp³-hybridized carbons (Fsp3) is 0.294. The van der Waals surface area contributed by atoms with Gasteiger partial charge in [-0.2, -0.15) is 0 Å². The third-order valence-electron chi connectivity index (χ3n) is 3.41. The van der Waals surface area contributed by atoms with E-state index in [-0.39, 0.29) is 12.1 Å². The summed E-state index contributed by atoms with van der Waals surface area (Å²) in [7, 11) is 0. The molecule has 2 unspecified atom stereocenters. The van der Waals surface area contributed by atoms with Crippen LogP contribution in [0.5, 0.6) is 5.75 Å². The summed E-state index contributed by atoms with van der Waals surface area (Å²) in [4.78, 5) is 0. The minimum absolute atomic E-state index is 0.130. The zero-order valence-electron chi connectivity index (χ0n) is 12.1. The van der Waals surface area contributed by atoms with Crippen molar-refractivity contribution in [3.05, 3.63) is 64.2 Å². The van der Waals surface area contributed by atoms with E-state index in [1.807, 2.05) is 25.1 Å². The van der Waals surface area contributed by atoms with Crippen molar-refractivity contribution < 1.29 is 4.74 Å². The topological polar surface area (TPSA) is 35.2 Å². The van der Waals surface area contributed by atoms with Crippen LogP contribution < -0.4 is 10.5 Å². The molecule has 2 aromatic rings. The zero-order chi connectivity index (χ0) is 14.7. The molecule has 2 aromatic carbocycles. The van der Waals surface area contributed by atoms with E-state index >= 15 is 0 Å². The van der Waals surface area contributed by atoms with E-state index < -0.39 is 0 Å². The Labute approximate surface area is 125 Å². The highest BCUT2D eigenvalue weighted by molar-refractivity contribution is 6.30. The summed E-state index contributed by atoms with van der Waals surface area (Å²) in [6.45, 7) is 6.13. The molecule has 0 spiro atoms. The molecule has 2 atom stereocenters. The van der Waals surface area contributed by atoms with Crippen molar-refractivity contribution in [2.45, 2.75) is 32.9 Å². The van der Waals surface area contributed by atoms with Crippen LogP contribution in [0.1, 0.15) is 29.7 Å². The molecule has 0 bridgehead atoms. The van der Waals surface area contributed by atoms with Gasteiger partial charge < -0.3 is 10.5 Å². The zero-order valence-corrected chi connectivity index (χ0v) is 12.8. The largest absolute Gasteiger partial charge is 0.489 e. The van der Waals surface area contributed by atoms with Gasteiger partial charge in [-0.25, -0.2) is 0 Å². The van der Waals surface area contributed by atoms with Gasteiger partial charge in [0.05, 0.1) is 6.04 Å². The van der Waals surface area contributed by atoms with Crippen molar-refractivity contribution in [2.75, 3.05) is 0 Å². The Kier molecular flexibility index (Phi) is 4.69. The first-order valence-electron chi connectivity index (χ1n) is 6.72. The van der Waals surface area contributed by atoms with Crippen LogP contribution in [0.15, 0.2) is 42.5 Å². The van der Waals surface area contributed by atoms with E-state index in [0.29, 0.717) is 5.02 Å². The van der Waals surface area contributed by atoms with Crippen LogP contribution >= 0.6 is 11.6 Å². The molecule has 0 saturated heterocycles. The van der Waals surface area contributed by atoms with E-state index in [1.165, 1.54) is 11.1 Å². The Morgan fingerprint density at radius 1 is 1.10 bits per heavy atom. The number of nitrogens with two attached hydrogens (primary N) is 1. The van der Waals surface area contributed by atoms with Crippen LogP contribution in [0.2, 0.25) is 5.02 Å². The van der Waals surface area contributed by atoms with Crippen LogP contribution in [-0.2, 0) is 0 Å². The minimum Gasteiger partial charge on any atom is -0.489 e. The fourth-order valence-electron chi connectivity index (χ4n) is 2.28. The van der Waals surface area contributed by atoms with Crippen molar-refractivity contribution >= 4 is 11.6 Å². The molecular weight excluding hydrogens is 270 g/mol. The highest BCUT2D eigenvalue weighted by Gasteiger charge is 2.18. The van der Waals surface area contributed by atoms with Gasteiger partial charge >= 0.3 is 0 Å². The van der Waals surface area contributed by atoms with Crippen molar-refractivity contribution in [2.24, 2.45) is 5.73 Å². The van der Waals surface area contributed by atoms with Gasteiger partial charge in [0.1, 0.15) is 11.9 Å². The molecule has 0 radical (unpaired) electrons. The predicted molar refractivity (Wildman–Crippen MR) is 84.4 cm³/mol. The molecule has 0 amide bonds. The van der Waals surface area contributed by atoms with Crippen LogP contribution in [0.3, 0.4) is 0 Å². The minimum atomic E-state index is -0.172. The summed E-state index contributed by atoms with van der Waals surface area (Å²) in [6, 6.07) is 13.5. The molecule has 0 fully saturated rings. The average Bonchev–Trinajstić information content (AvgIpc) is 2.38. The maximum absolute atomic E-state index is 6.32. The second-order valence-electron chi connectivity index (χ2n) is 5.17. The van der Waals surface area contributed by atoms with Gasteiger partial charge in [-0.15, -0.1) is 0 Å². The maximum atomic E-state index is 6.32. The number of rotatable bonds is 4. The standard InChI is InChI=1S/C17H20ClNO/c1-11-7-8-16(12(2)9-11)17(19)13(3)20-15-6-4-5-14(18)10-15/h4-10,13,17H,19H2,1-3H3. The number of aryl methyl sites for hydroxylation is 2. The van der Waals surface area contributed by atoms with Crippen molar-refractivity contribution in [1.82, 2.24) is 0 Å². The van der Waals surface area contributed by atoms with E-state index in [2.05, 4.69) is 32.0 Å². The molecule has 106 valence electrons. The molecule has 0 saturated carbocycles. The number of benzene rings is 2. The summed E-state index contributed by atoms with van der Waals surface area (Å²) in [5, 5.41) is 0.662. The van der Waals surface area contributed by atoms with Crippen molar-refractivity contribution in [1.29, 1.82) is 0 Å². The Morgan fingerprint density at radius 3 is 2.50 bits per heavy atom. The summed E-state index contributed by atoms with van der Waals surface area (Å²) in [6.07, 6.45) is -0.130. The van der Waals surface area contributed by atoms with Gasteiger partial charge in [0.2, 0.25) is 0 Å². The predicted octanol–water partition coefficient (Wildman–Crippen LogP) is 4.42. The van der Waals surface area contributed by atoms with Gasteiger partial charge in [0.25, 0.3) is 0 Å². The highest BCUT2D eigenvalue weighted by Crippen LogP contribution is 2.24. The normalized spacial score (nSPS) is 13.8. The molecule has 0 heterocycles. The molecule has 2 N–H and O–H groups in total. The van der Waals surface area contributed by atoms with Crippen LogP contribution in [-0.4, -0.2) is 6.10 Å². The monoisotopic (exact) mass is 289 g/mol. The fourth-order valence-corrected chi connectivity index (χ4v) is 2.46. The summed E-state index contributed by atoms with van der Waals surface area (Å²) in [5.74, 6) is 0.741. The Morgan fingerprint density at radius 2 is 1.85 bits per heavy atom. The molecule has 20 heavy (non-hydrogen) atoms. The van der Waals surface area contributed by atoms with Gasteiger partial charge in [-0.1, -0.05) is 41.4 Å². The summed E-state index contributed by atoms with van der Waals surface area (Å²) >= 11 is 5.96. The maximum Gasteiger partial charge on any atom is 0.121 e. The SMILES string of the molecule is Cc1ccc(C(N)C(C)Oc2cccc(Cl)c2)c(C)c1. The lowest BCUT2D eigenvalue weighted by Crippen LogP contribution is -2.29. The van der Waals surface area contributed by atoms with Gasteiger partial charge in [0.15, 0.2) is 0 Å². The molecular formula is C17H20ClNO. The van der Waals surface area contributed by atoms with E-state index in [0.717, 1.165) is 11.3 Å². The number of ether oxygens (including phenoxy) is 1. The van der Waals surface area contributed by atoms with Crippen LogP contribution in [0.25, 0.3) is 0 Å².